The van der Waals surface area contributed by atoms with Gasteiger partial charge in [-0.3, -0.25) is 4.79 Å². The van der Waals surface area contributed by atoms with Crippen LogP contribution in [0.4, 0.5) is 4.39 Å². The van der Waals surface area contributed by atoms with Gasteiger partial charge in [0.2, 0.25) is 5.91 Å². The number of halogens is 1. The zero-order chi connectivity index (χ0) is 18.2. The molecule has 128 valence electrons. The van der Waals surface area contributed by atoms with Gasteiger partial charge in [0, 0.05) is 6.42 Å². The summed E-state index contributed by atoms with van der Waals surface area (Å²) >= 11 is 0. The van der Waals surface area contributed by atoms with Gasteiger partial charge in [0.1, 0.15) is 11.9 Å². The summed E-state index contributed by atoms with van der Waals surface area (Å²) in [7, 11) is 1.24. The molecule has 25 heavy (non-hydrogen) atoms. The van der Waals surface area contributed by atoms with Gasteiger partial charge in [-0.2, -0.15) is 5.26 Å². The average molecular weight is 340 g/mol. The maximum Gasteiger partial charge on any atom is 0.328 e. The van der Waals surface area contributed by atoms with Crippen LogP contribution in [0.25, 0.3) is 0 Å². The van der Waals surface area contributed by atoms with Crippen molar-refractivity contribution in [2.24, 2.45) is 0 Å². The SMILES string of the molecule is COC(=O)[C@H](Cc1ccc(C#N)cc1)NC(=O)Cc1cccc(F)c1. The molecule has 0 aromatic heterocycles. The van der Waals surface area contributed by atoms with Crippen LogP contribution in [0.5, 0.6) is 0 Å². The lowest BCUT2D eigenvalue weighted by Crippen LogP contribution is -2.43. The molecule has 0 aliphatic rings. The molecule has 0 fully saturated rings. The van der Waals surface area contributed by atoms with Crippen LogP contribution in [-0.2, 0) is 27.2 Å². The fourth-order valence-corrected chi connectivity index (χ4v) is 2.36. The lowest BCUT2D eigenvalue weighted by atomic mass is 10.0. The summed E-state index contributed by atoms with van der Waals surface area (Å²) in [5.41, 5.74) is 1.80. The highest BCUT2D eigenvalue weighted by Crippen LogP contribution is 2.09. The normalized spacial score (nSPS) is 11.2. The van der Waals surface area contributed by atoms with Gasteiger partial charge in [0.05, 0.1) is 25.2 Å². The maximum atomic E-state index is 13.2. The van der Waals surface area contributed by atoms with Crippen molar-refractivity contribution >= 4 is 11.9 Å². The number of benzene rings is 2. The van der Waals surface area contributed by atoms with Gasteiger partial charge in [-0.25, -0.2) is 9.18 Å². The predicted octanol–water partition coefficient (Wildman–Crippen LogP) is 2.14. The number of ether oxygens (including phenoxy) is 1. The molecule has 0 radical (unpaired) electrons. The molecule has 2 aromatic rings. The Bertz CT molecular complexity index is 797. The number of nitrogens with one attached hydrogen (secondary N) is 1. The second-order valence-electron chi connectivity index (χ2n) is 5.46. The highest BCUT2D eigenvalue weighted by atomic mass is 19.1. The fraction of sp³-hybridized carbons (Fsp3) is 0.211. The van der Waals surface area contributed by atoms with Crippen molar-refractivity contribution in [1.29, 1.82) is 5.26 Å². The van der Waals surface area contributed by atoms with Crippen molar-refractivity contribution in [3.63, 3.8) is 0 Å². The van der Waals surface area contributed by atoms with E-state index < -0.39 is 23.7 Å². The fourth-order valence-electron chi connectivity index (χ4n) is 2.36. The molecule has 2 rings (SSSR count). The summed E-state index contributed by atoms with van der Waals surface area (Å²) in [6, 6.07) is 13.6. The van der Waals surface area contributed by atoms with E-state index in [0.29, 0.717) is 11.1 Å². The van der Waals surface area contributed by atoms with Gasteiger partial charge >= 0.3 is 5.97 Å². The quantitative estimate of drug-likeness (QED) is 0.817. The molecular formula is C19H17FN2O3. The number of carbonyl (C=O) groups is 2. The van der Waals surface area contributed by atoms with E-state index in [2.05, 4.69) is 5.32 Å². The van der Waals surface area contributed by atoms with Gasteiger partial charge in [-0.05, 0) is 35.4 Å². The maximum absolute atomic E-state index is 13.2. The Morgan fingerprint density at radius 2 is 1.92 bits per heavy atom. The minimum absolute atomic E-state index is 0.0430. The molecule has 0 unspecified atom stereocenters. The summed E-state index contributed by atoms with van der Waals surface area (Å²) in [5, 5.41) is 11.4. The first-order valence-electron chi connectivity index (χ1n) is 7.62. The monoisotopic (exact) mass is 340 g/mol. The van der Waals surface area contributed by atoms with Crippen LogP contribution in [0.3, 0.4) is 0 Å². The van der Waals surface area contributed by atoms with E-state index in [-0.39, 0.29) is 12.8 Å². The number of esters is 1. The first-order valence-corrected chi connectivity index (χ1v) is 7.62. The number of nitriles is 1. The molecule has 5 nitrogen and oxygen atoms in total. The molecule has 0 aliphatic heterocycles. The van der Waals surface area contributed by atoms with Crippen LogP contribution in [-0.4, -0.2) is 25.0 Å². The van der Waals surface area contributed by atoms with Gasteiger partial charge in [0.15, 0.2) is 0 Å². The second-order valence-corrected chi connectivity index (χ2v) is 5.46. The summed E-state index contributed by atoms with van der Waals surface area (Å²) in [6.45, 7) is 0. The van der Waals surface area contributed by atoms with Gasteiger partial charge in [0.25, 0.3) is 0 Å². The van der Waals surface area contributed by atoms with Crippen molar-refractivity contribution in [3.05, 3.63) is 71.0 Å². The Morgan fingerprint density at radius 1 is 1.20 bits per heavy atom. The molecule has 0 spiro atoms. The molecule has 6 heteroatoms. The van der Waals surface area contributed by atoms with Gasteiger partial charge in [-0.15, -0.1) is 0 Å². The van der Waals surface area contributed by atoms with Crippen LogP contribution in [0.2, 0.25) is 0 Å². The Balaban J connectivity index is 2.05. The highest BCUT2D eigenvalue weighted by molar-refractivity contribution is 5.85. The van der Waals surface area contributed by atoms with Crippen LogP contribution in [0.1, 0.15) is 16.7 Å². The Hall–Kier alpha value is -3.20. The summed E-state index contributed by atoms with van der Waals surface area (Å²) in [4.78, 5) is 24.1. The number of carbonyl (C=O) groups excluding carboxylic acids is 2. The van der Waals surface area contributed by atoms with Crippen molar-refractivity contribution in [1.82, 2.24) is 5.32 Å². The standard InChI is InChI=1S/C19H17FN2O3/c1-25-19(24)17(10-13-5-7-14(12-21)8-6-13)22-18(23)11-15-3-2-4-16(20)9-15/h2-9,17H,10-11H2,1H3,(H,22,23)/t17-/m0/s1. The molecule has 0 heterocycles. The van der Waals surface area contributed by atoms with E-state index in [1.165, 1.54) is 25.3 Å². The van der Waals surface area contributed by atoms with Crippen molar-refractivity contribution in [3.8, 4) is 6.07 Å². The first kappa shape index (κ1) is 18.1. The average Bonchev–Trinajstić information content (AvgIpc) is 2.61. The lowest BCUT2D eigenvalue weighted by molar-refractivity contribution is -0.145. The zero-order valence-electron chi connectivity index (χ0n) is 13.7. The third-order valence-corrected chi connectivity index (χ3v) is 3.60. The minimum Gasteiger partial charge on any atom is -0.467 e. The van der Waals surface area contributed by atoms with E-state index in [4.69, 9.17) is 10.00 Å². The molecule has 1 amide bonds. The predicted molar refractivity (Wildman–Crippen MR) is 88.9 cm³/mol. The lowest BCUT2D eigenvalue weighted by Gasteiger charge is -2.17. The van der Waals surface area contributed by atoms with Crippen molar-refractivity contribution in [2.45, 2.75) is 18.9 Å². The molecule has 0 bridgehead atoms. The smallest absolute Gasteiger partial charge is 0.328 e. The Labute approximate surface area is 145 Å². The Kier molecular flexibility index (Phi) is 6.24. The van der Waals surface area contributed by atoms with Crippen LogP contribution in [0.15, 0.2) is 48.5 Å². The van der Waals surface area contributed by atoms with Crippen LogP contribution < -0.4 is 5.32 Å². The van der Waals surface area contributed by atoms with Crippen LogP contribution in [0, 0.1) is 17.1 Å². The second kappa shape index (κ2) is 8.60. The Morgan fingerprint density at radius 3 is 2.52 bits per heavy atom. The highest BCUT2D eigenvalue weighted by Gasteiger charge is 2.22. The molecule has 2 aromatic carbocycles. The van der Waals surface area contributed by atoms with E-state index in [9.17, 15) is 14.0 Å². The summed E-state index contributed by atoms with van der Waals surface area (Å²) in [5.74, 6) is -1.40. The number of hydrogen-bond acceptors (Lipinski definition) is 4. The zero-order valence-corrected chi connectivity index (χ0v) is 13.7. The topological polar surface area (TPSA) is 79.2 Å². The van der Waals surface area contributed by atoms with E-state index in [1.807, 2.05) is 6.07 Å². The van der Waals surface area contributed by atoms with E-state index >= 15 is 0 Å². The molecule has 1 atom stereocenters. The van der Waals surface area contributed by atoms with Gasteiger partial charge in [-0.1, -0.05) is 24.3 Å². The third kappa shape index (κ3) is 5.43. The molecule has 1 N–H and O–H groups in total. The number of amides is 1. The summed E-state index contributed by atoms with van der Waals surface area (Å²) < 4.78 is 17.9. The summed E-state index contributed by atoms with van der Waals surface area (Å²) in [6.07, 6.45) is 0.186. The van der Waals surface area contributed by atoms with Crippen molar-refractivity contribution < 1.29 is 18.7 Å². The largest absolute Gasteiger partial charge is 0.467 e. The first-order chi connectivity index (χ1) is 12.0. The number of rotatable bonds is 6. The van der Waals surface area contributed by atoms with E-state index in [0.717, 1.165) is 5.56 Å². The minimum atomic E-state index is -0.862. The third-order valence-electron chi connectivity index (χ3n) is 3.60. The molecule has 0 aliphatic carbocycles. The number of methoxy groups -OCH3 is 1. The molecule has 0 saturated carbocycles. The van der Waals surface area contributed by atoms with E-state index in [1.54, 1.807) is 30.3 Å². The van der Waals surface area contributed by atoms with Crippen LogP contribution >= 0.6 is 0 Å². The van der Waals surface area contributed by atoms with Gasteiger partial charge < -0.3 is 10.1 Å². The molecular weight excluding hydrogens is 323 g/mol. The number of hydrogen-bond donors (Lipinski definition) is 1. The van der Waals surface area contributed by atoms with Crippen molar-refractivity contribution in [2.75, 3.05) is 7.11 Å². The number of nitrogens with zero attached hydrogens (tertiary/aromatic N) is 1. The molecule has 0 saturated heterocycles.